The number of nitrogens with two attached hydrogens (primary N) is 1. The third-order valence-corrected chi connectivity index (χ3v) is 3.58. The fraction of sp³-hybridized carbons (Fsp3) is 0.368. The Bertz CT molecular complexity index is 865. The largest absolute Gasteiger partial charge is 0.514 e. The molecule has 0 bridgehead atoms. The number of pyridine rings is 1. The number of anilines is 1. The standard InChI is InChI=1S/C19H24N2O5/c1-12-8-9-21(17(22)16(12)20)11-13-6-7-14(24-5)15(10-13)25-18(23)26-19(2,3)4/h6-10H,11,20H2,1-5H3. The Kier molecular flexibility index (Phi) is 5.59. The van der Waals surface area contributed by atoms with Gasteiger partial charge in [-0.15, -0.1) is 0 Å². The first-order valence-electron chi connectivity index (χ1n) is 8.14. The normalized spacial score (nSPS) is 11.1. The molecular formula is C19H24N2O5. The number of carbonyl (C=O) groups is 1. The van der Waals surface area contributed by atoms with Gasteiger partial charge in [0.15, 0.2) is 11.5 Å². The summed E-state index contributed by atoms with van der Waals surface area (Å²) in [5.74, 6) is 0.600. The van der Waals surface area contributed by atoms with Gasteiger partial charge in [-0.1, -0.05) is 6.07 Å². The molecule has 0 fully saturated rings. The van der Waals surface area contributed by atoms with E-state index >= 15 is 0 Å². The molecule has 0 saturated heterocycles. The van der Waals surface area contributed by atoms with Crippen LogP contribution in [0.15, 0.2) is 35.3 Å². The van der Waals surface area contributed by atoms with Gasteiger partial charge in [0, 0.05) is 6.20 Å². The average molecular weight is 360 g/mol. The van der Waals surface area contributed by atoms with E-state index in [2.05, 4.69) is 0 Å². The average Bonchev–Trinajstić information content (AvgIpc) is 2.54. The van der Waals surface area contributed by atoms with Crippen molar-refractivity contribution >= 4 is 11.8 Å². The van der Waals surface area contributed by atoms with Gasteiger partial charge in [-0.3, -0.25) is 4.79 Å². The Labute approximate surface area is 152 Å². The zero-order chi connectivity index (χ0) is 19.5. The van der Waals surface area contributed by atoms with Crippen molar-refractivity contribution < 1.29 is 19.0 Å². The van der Waals surface area contributed by atoms with Gasteiger partial charge in [0.25, 0.3) is 5.56 Å². The van der Waals surface area contributed by atoms with Crippen molar-refractivity contribution in [3.63, 3.8) is 0 Å². The van der Waals surface area contributed by atoms with Crippen LogP contribution in [0.3, 0.4) is 0 Å². The second kappa shape index (κ2) is 7.51. The topological polar surface area (TPSA) is 92.8 Å². The van der Waals surface area contributed by atoms with Gasteiger partial charge < -0.3 is 24.5 Å². The summed E-state index contributed by atoms with van der Waals surface area (Å²) in [6.07, 6.45) is 0.844. The first kappa shape index (κ1) is 19.4. The highest BCUT2D eigenvalue weighted by atomic mass is 16.7. The molecule has 1 aromatic carbocycles. The maximum atomic E-state index is 12.2. The number of ether oxygens (including phenoxy) is 3. The number of hydrogen-bond acceptors (Lipinski definition) is 6. The molecule has 0 unspecified atom stereocenters. The summed E-state index contributed by atoms with van der Waals surface area (Å²) < 4.78 is 17.1. The Morgan fingerprint density at radius 2 is 1.88 bits per heavy atom. The van der Waals surface area contributed by atoms with Crippen LogP contribution in [-0.4, -0.2) is 23.4 Å². The highest BCUT2D eigenvalue weighted by Crippen LogP contribution is 2.29. The van der Waals surface area contributed by atoms with E-state index in [1.807, 2.05) is 0 Å². The third kappa shape index (κ3) is 4.78. The molecule has 0 aliphatic rings. The molecule has 7 heteroatoms. The number of hydrogen-bond donors (Lipinski definition) is 1. The van der Waals surface area contributed by atoms with Gasteiger partial charge in [-0.2, -0.15) is 0 Å². The maximum Gasteiger partial charge on any atom is 0.514 e. The molecule has 7 nitrogen and oxygen atoms in total. The van der Waals surface area contributed by atoms with E-state index in [0.29, 0.717) is 5.75 Å². The SMILES string of the molecule is COc1ccc(Cn2ccc(C)c(N)c2=O)cc1OC(=O)OC(C)(C)C. The van der Waals surface area contributed by atoms with Crippen LogP contribution in [-0.2, 0) is 11.3 Å². The van der Waals surface area contributed by atoms with Crippen LogP contribution in [0.2, 0.25) is 0 Å². The molecule has 0 radical (unpaired) electrons. The van der Waals surface area contributed by atoms with E-state index in [4.69, 9.17) is 19.9 Å². The summed E-state index contributed by atoms with van der Waals surface area (Å²) in [6, 6.07) is 6.85. The van der Waals surface area contributed by atoms with E-state index in [9.17, 15) is 9.59 Å². The number of benzene rings is 1. The van der Waals surface area contributed by atoms with Crippen LogP contribution >= 0.6 is 0 Å². The van der Waals surface area contributed by atoms with Crippen LogP contribution < -0.4 is 20.8 Å². The van der Waals surface area contributed by atoms with Crippen molar-refractivity contribution in [3.05, 3.63) is 51.9 Å². The van der Waals surface area contributed by atoms with Crippen molar-refractivity contribution in [2.45, 2.75) is 39.8 Å². The predicted molar refractivity (Wildman–Crippen MR) is 98.8 cm³/mol. The van der Waals surface area contributed by atoms with Crippen LogP contribution in [0.25, 0.3) is 0 Å². The number of methoxy groups -OCH3 is 1. The molecule has 140 valence electrons. The Morgan fingerprint density at radius 1 is 1.19 bits per heavy atom. The molecule has 0 aliphatic heterocycles. The first-order valence-corrected chi connectivity index (χ1v) is 8.14. The number of aryl methyl sites for hydroxylation is 1. The molecule has 0 amide bonds. The van der Waals surface area contributed by atoms with Gasteiger partial charge >= 0.3 is 6.16 Å². The minimum absolute atomic E-state index is 0.214. The lowest BCUT2D eigenvalue weighted by atomic mass is 10.2. The van der Waals surface area contributed by atoms with Gasteiger partial charge in [0.2, 0.25) is 0 Å². The molecule has 0 saturated carbocycles. The molecule has 2 N–H and O–H groups in total. The fourth-order valence-corrected chi connectivity index (χ4v) is 2.26. The molecule has 0 atom stereocenters. The lowest BCUT2D eigenvalue weighted by Gasteiger charge is -2.19. The highest BCUT2D eigenvalue weighted by Gasteiger charge is 2.20. The number of carbonyl (C=O) groups excluding carboxylic acids is 1. The second-order valence-electron chi connectivity index (χ2n) is 6.90. The van der Waals surface area contributed by atoms with Crippen molar-refractivity contribution in [2.24, 2.45) is 0 Å². The maximum absolute atomic E-state index is 12.2. The highest BCUT2D eigenvalue weighted by molar-refractivity contribution is 5.66. The molecule has 1 aromatic heterocycles. The van der Waals surface area contributed by atoms with Crippen LogP contribution in [0.5, 0.6) is 11.5 Å². The minimum atomic E-state index is -0.829. The summed E-state index contributed by atoms with van der Waals surface area (Å²) >= 11 is 0. The van der Waals surface area contributed by atoms with Crippen molar-refractivity contribution in [1.82, 2.24) is 4.57 Å². The van der Waals surface area contributed by atoms with E-state index in [1.165, 1.54) is 11.7 Å². The molecular weight excluding hydrogens is 336 g/mol. The van der Waals surface area contributed by atoms with Crippen molar-refractivity contribution in [2.75, 3.05) is 12.8 Å². The van der Waals surface area contributed by atoms with E-state index in [0.717, 1.165) is 11.1 Å². The number of nitrogen functional groups attached to an aromatic ring is 1. The summed E-state index contributed by atoms with van der Waals surface area (Å²) in [7, 11) is 1.47. The molecule has 1 heterocycles. The predicted octanol–water partition coefficient (Wildman–Crippen LogP) is 3.11. The molecule has 0 spiro atoms. The smallest absolute Gasteiger partial charge is 0.493 e. The fourth-order valence-electron chi connectivity index (χ4n) is 2.26. The van der Waals surface area contributed by atoms with Gasteiger partial charge in [-0.05, 0) is 57.0 Å². The molecule has 0 aliphatic carbocycles. The van der Waals surface area contributed by atoms with E-state index in [1.54, 1.807) is 58.2 Å². The number of nitrogens with zero attached hydrogens (tertiary/aromatic N) is 1. The molecule has 2 rings (SSSR count). The van der Waals surface area contributed by atoms with E-state index in [-0.39, 0.29) is 23.5 Å². The van der Waals surface area contributed by atoms with Gasteiger partial charge in [0.05, 0.1) is 13.7 Å². The van der Waals surface area contributed by atoms with Gasteiger partial charge in [0.1, 0.15) is 11.3 Å². The molecule has 2 aromatic rings. The molecule has 26 heavy (non-hydrogen) atoms. The Morgan fingerprint density at radius 3 is 2.50 bits per heavy atom. The third-order valence-electron chi connectivity index (χ3n) is 3.58. The second-order valence-corrected chi connectivity index (χ2v) is 6.90. The van der Waals surface area contributed by atoms with Crippen LogP contribution in [0.4, 0.5) is 10.5 Å². The number of rotatable bonds is 4. The van der Waals surface area contributed by atoms with Crippen molar-refractivity contribution in [3.8, 4) is 11.5 Å². The first-order chi connectivity index (χ1) is 12.1. The van der Waals surface area contributed by atoms with Gasteiger partial charge in [-0.25, -0.2) is 4.79 Å². The minimum Gasteiger partial charge on any atom is -0.493 e. The summed E-state index contributed by atoms with van der Waals surface area (Å²) in [6.45, 7) is 7.29. The van der Waals surface area contributed by atoms with Crippen molar-refractivity contribution in [1.29, 1.82) is 0 Å². The lowest BCUT2D eigenvalue weighted by molar-refractivity contribution is 0.0201. The van der Waals surface area contributed by atoms with E-state index < -0.39 is 11.8 Å². The zero-order valence-electron chi connectivity index (χ0n) is 15.7. The summed E-state index contributed by atoms with van der Waals surface area (Å²) in [5, 5.41) is 0. The van der Waals surface area contributed by atoms with Crippen LogP contribution in [0.1, 0.15) is 31.9 Å². The Hall–Kier alpha value is -2.96. The lowest BCUT2D eigenvalue weighted by Crippen LogP contribution is -2.26. The number of aromatic nitrogens is 1. The zero-order valence-corrected chi connectivity index (χ0v) is 15.7. The quantitative estimate of drug-likeness (QED) is 0.665. The monoisotopic (exact) mass is 360 g/mol. The van der Waals surface area contributed by atoms with Crippen LogP contribution in [0, 0.1) is 6.92 Å². The summed E-state index contributed by atoms with van der Waals surface area (Å²) in [4.78, 5) is 24.2. The summed E-state index contributed by atoms with van der Waals surface area (Å²) in [5.41, 5.74) is 6.55. The Balaban J connectivity index is 2.28.